The predicted molar refractivity (Wildman–Crippen MR) is 96.7 cm³/mol. The molecule has 0 bridgehead atoms. The van der Waals surface area contributed by atoms with Gasteiger partial charge in [-0.15, -0.1) is 0 Å². The van der Waals surface area contributed by atoms with Crippen LogP contribution in [0.15, 0.2) is 42.1 Å². The van der Waals surface area contributed by atoms with E-state index in [-0.39, 0.29) is 17.4 Å². The maximum atomic E-state index is 12.5. The molecule has 1 aromatic rings. The Bertz CT molecular complexity index is 731. The van der Waals surface area contributed by atoms with E-state index in [0.717, 1.165) is 17.8 Å². The molecule has 1 fully saturated rings. The van der Waals surface area contributed by atoms with Crippen LogP contribution in [0.1, 0.15) is 30.6 Å². The summed E-state index contributed by atoms with van der Waals surface area (Å²) in [4.78, 5) is 32.9. The van der Waals surface area contributed by atoms with Crippen LogP contribution in [0, 0.1) is 5.92 Å². The first-order valence-electron chi connectivity index (χ1n) is 8.35. The van der Waals surface area contributed by atoms with E-state index in [1.165, 1.54) is 11.0 Å². The normalized spacial score (nSPS) is 18.8. The van der Waals surface area contributed by atoms with E-state index in [2.05, 4.69) is 11.7 Å². The quantitative estimate of drug-likeness (QED) is 0.791. The van der Waals surface area contributed by atoms with Crippen molar-refractivity contribution in [1.29, 1.82) is 0 Å². The van der Waals surface area contributed by atoms with Gasteiger partial charge in [0, 0.05) is 43.7 Å². The number of carbonyl (C=O) groups excluding carboxylic acids is 2. The molecule has 0 radical (unpaired) electrons. The number of benzene rings is 1. The number of likely N-dealkylation sites (tertiary alicyclic amines) is 1. The van der Waals surface area contributed by atoms with E-state index in [1.807, 2.05) is 18.7 Å². The molecule has 0 spiro atoms. The minimum atomic E-state index is -0.232. The Hall–Kier alpha value is -2.63. The summed E-state index contributed by atoms with van der Waals surface area (Å²) < 4.78 is 0. The highest BCUT2D eigenvalue weighted by Crippen LogP contribution is 2.30. The molecule has 0 N–H and O–H groups in total. The highest BCUT2D eigenvalue weighted by atomic mass is 16.7. The van der Waals surface area contributed by atoms with E-state index < -0.39 is 0 Å². The molecular weight excluding hydrogens is 318 g/mol. The molecule has 0 unspecified atom stereocenters. The molecule has 6 heteroatoms. The molecule has 0 atom stereocenters. The van der Waals surface area contributed by atoms with Gasteiger partial charge in [0.05, 0.1) is 5.71 Å². The number of anilines is 1. The SMILES string of the molecule is C=CC(=O)N(C)c1ccc(C(=O)N2CC(C3=NOC(C)(C)C3)C2)cc1. The number of hydrogen-bond donors (Lipinski definition) is 0. The third kappa shape index (κ3) is 3.43. The van der Waals surface area contributed by atoms with Gasteiger partial charge in [-0.25, -0.2) is 0 Å². The highest BCUT2D eigenvalue weighted by Gasteiger charge is 2.40. The minimum absolute atomic E-state index is 0.000671. The van der Waals surface area contributed by atoms with Gasteiger partial charge in [0.2, 0.25) is 5.91 Å². The average molecular weight is 341 g/mol. The first-order valence-corrected chi connectivity index (χ1v) is 8.35. The molecule has 0 saturated carbocycles. The summed E-state index contributed by atoms with van der Waals surface area (Å²) >= 11 is 0. The summed E-state index contributed by atoms with van der Waals surface area (Å²) in [6.07, 6.45) is 2.08. The van der Waals surface area contributed by atoms with Crippen molar-refractivity contribution in [3.8, 4) is 0 Å². The number of carbonyl (C=O) groups is 2. The lowest BCUT2D eigenvalue weighted by Crippen LogP contribution is -2.53. The standard InChI is InChI=1S/C19H23N3O3/c1-5-17(23)21(4)15-8-6-13(7-9-15)18(24)22-11-14(12-22)16-10-19(2,3)25-20-16/h5-9,14H,1,10-12H2,2-4H3. The van der Waals surface area contributed by atoms with Crippen molar-refractivity contribution in [2.75, 3.05) is 25.0 Å². The van der Waals surface area contributed by atoms with Crippen molar-refractivity contribution in [3.05, 3.63) is 42.5 Å². The summed E-state index contributed by atoms with van der Waals surface area (Å²) in [6, 6.07) is 7.03. The molecular formula is C19H23N3O3. The maximum Gasteiger partial charge on any atom is 0.253 e. The van der Waals surface area contributed by atoms with E-state index in [9.17, 15) is 9.59 Å². The zero-order chi connectivity index (χ0) is 18.2. The zero-order valence-electron chi connectivity index (χ0n) is 14.9. The van der Waals surface area contributed by atoms with Crippen molar-refractivity contribution >= 4 is 23.2 Å². The number of hydrogen-bond acceptors (Lipinski definition) is 4. The van der Waals surface area contributed by atoms with Gasteiger partial charge >= 0.3 is 0 Å². The number of amides is 2. The average Bonchev–Trinajstić information content (AvgIpc) is 2.91. The van der Waals surface area contributed by atoms with Crippen LogP contribution < -0.4 is 4.90 Å². The van der Waals surface area contributed by atoms with Gasteiger partial charge in [0.25, 0.3) is 5.91 Å². The van der Waals surface area contributed by atoms with Crippen LogP contribution in [0.25, 0.3) is 0 Å². The molecule has 2 heterocycles. The van der Waals surface area contributed by atoms with Crippen LogP contribution in [-0.4, -0.2) is 48.2 Å². The summed E-state index contributed by atoms with van der Waals surface area (Å²) in [5.74, 6) is 0.104. The van der Waals surface area contributed by atoms with Crippen LogP contribution in [0.5, 0.6) is 0 Å². The van der Waals surface area contributed by atoms with Gasteiger partial charge in [-0.2, -0.15) is 0 Å². The maximum absolute atomic E-state index is 12.5. The van der Waals surface area contributed by atoms with Crippen LogP contribution in [0.3, 0.4) is 0 Å². The first kappa shape index (κ1) is 17.2. The van der Waals surface area contributed by atoms with Crippen LogP contribution in [0.2, 0.25) is 0 Å². The molecule has 6 nitrogen and oxygen atoms in total. The molecule has 1 saturated heterocycles. The van der Waals surface area contributed by atoms with Crippen molar-refractivity contribution in [2.45, 2.75) is 25.9 Å². The Morgan fingerprint density at radius 1 is 1.32 bits per heavy atom. The highest BCUT2D eigenvalue weighted by molar-refractivity contribution is 6.01. The van der Waals surface area contributed by atoms with Gasteiger partial charge in [0.15, 0.2) is 0 Å². The Labute approximate surface area is 147 Å². The van der Waals surface area contributed by atoms with Crippen molar-refractivity contribution in [3.63, 3.8) is 0 Å². The second kappa shape index (κ2) is 6.35. The first-order chi connectivity index (χ1) is 11.8. The Morgan fingerprint density at radius 3 is 2.48 bits per heavy atom. The lowest BCUT2D eigenvalue weighted by Gasteiger charge is -2.39. The summed E-state index contributed by atoms with van der Waals surface area (Å²) in [5, 5.41) is 4.17. The molecule has 2 aliphatic heterocycles. The lowest BCUT2D eigenvalue weighted by atomic mass is 9.88. The van der Waals surface area contributed by atoms with Crippen LogP contribution in [0.4, 0.5) is 5.69 Å². The monoisotopic (exact) mass is 341 g/mol. The van der Waals surface area contributed by atoms with Crippen LogP contribution in [-0.2, 0) is 9.63 Å². The van der Waals surface area contributed by atoms with Gasteiger partial charge < -0.3 is 14.6 Å². The Kier molecular flexibility index (Phi) is 4.37. The third-order valence-electron chi connectivity index (χ3n) is 4.66. The van der Waals surface area contributed by atoms with E-state index in [1.54, 1.807) is 31.3 Å². The second-order valence-corrected chi connectivity index (χ2v) is 7.17. The van der Waals surface area contributed by atoms with E-state index in [4.69, 9.17) is 4.84 Å². The van der Waals surface area contributed by atoms with Gasteiger partial charge in [-0.3, -0.25) is 9.59 Å². The van der Waals surface area contributed by atoms with Gasteiger partial charge in [0.1, 0.15) is 5.60 Å². The minimum Gasteiger partial charge on any atom is -0.389 e. The third-order valence-corrected chi connectivity index (χ3v) is 4.66. The zero-order valence-corrected chi connectivity index (χ0v) is 14.9. The molecule has 2 aliphatic rings. The van der Waals surface area contributed by atoms with Crippen molar-refractivity contribution in [1.82, 2.24) is 4.90 Å². The second-order valence-electron chi connectivity index (χ2n) is 7.17. The molecule has 1 aromatic carbocycles. The summed E-state index contributed by atoms with van der Waals surface area (Å²) in [6.45, 7) is 8.85. The number of rotatable bonds is 4. The number of nitrogens with zero attached hydrogens (tertiary/aromatic N) is 3. The molecule has 25 heavy (non-hydrogen) atoms. The largest absolute Gasteiger partial charge is 0.389 e. The van der Waals surface area contributed by atoms with Crippen molar-refractivity contribution < 1.29 is 14.4 Å². The fraction of sp³-hybridized carbons (Fsp3) is 0.421. The number of oxime groups is 1. The Balaban J connectivity index is 1.58. The molecule has 0 aromatic heterocycles. The smallest absolute Gasteiger partial charge is 0.253 e. The molecule has 0 aliphatic carbocycles. The van der Waals surface area contributed by atoms with E-state index >= 15 is 0 Å². The van der Waals surface area contributed by atoms with Gasteiger partial charge in [-0.05, 0) is 44.2 Å². The van der Waals surface area contributed by atoms with Gasteiger partial charge in [-0.1, -0.05) is 11.7 Å². The molecule has 132 valence electrons. The summed E-state index contributed by atoms with van der Waals surface area (Å²) in [7, 11) is 1.67. The van der Waals surface area contributed by atoms with Crippen molar-refractivity contribution in [2.24, 2.45) is 11.1 Å². The lowest BCUT2D eigenvalue weighted by molar-refractivity contribution is -0.113. The molecule has 3 rings (SSSR count). The summed E-state index contributed by atoms with van der Waals surface area (Å²) in [5.41, 5.74) is 2.16. The van der Waals surface area contributed by atoms with Crippen LogP contribution >= 0.6 is 0 Å². The van der Waals surface area contributed by atoms with E-state index in [0.29, 0.717) is 24.6 Å². The predicted octanol–water partition coefficient (Wildman–Crippen LogP) is 2.46. The topological polar surface area (TPSA) is 62.2 Å². The number of likely N-dealkylation sites (N-methyl/N-ethyl adjacent to an activating group) is 1. The fourth-order valence-corrected chi connectivity index (χ4v) is 3.03. The Morgan fingerprint density at radius 2 is 1.96 bits per heavy atom. The fourth-order valence-electron chi connectivity index (χ4n) is 3.03. The molecule has 2 amide bonds.